The summed E-state index contributed by atoms with van der Waals surface area (Å²) < 4.78 is 24.2. The topological polar surface area (TPSA) is 71.9 Å². The third-order valence-corrected chi connectivity index (χ3v) is 4.09. The van der Waals surface area contributed by atoms with E-state index in [1.807, 2.05) is 12.1 Å². The van der Waals surface area contributed by atoms with Gasteiger partial charge in [-0.1, -0.05) is 17.3 Å². The number of benzene rings is 3. The fourth-order valence-electron chi connectivity index (χ4n) is 2.64. The highest BCUT2D eigenvalue weighted by atomic mass is 19.1. The molecule has 0 amide bonds. The summed E-state index contributed by atoms with van der Waals surface area (Å²) in [7, 11) is 0. The molecule has 0 aliphatic heterocycles. The number of halogens is 1. The van der Waals surface area contributed by atoms with E-state index in [0.29, 0.717) is 23.0 Å². The van der Waals surface area contributed by atoms with Crippen molar-refractivity contribution in [1.82, 2.24) is 10.1 Å². The van der Waals surface area contributed by atoms with Crippen molar-refractivity contribution in [3.05, 3.63) is 89.7 Å². The number of aromatic nitrogens is 2. The van der Waals surface area contributed by atoms with Gasteiger partial charge in [0.25, 0.3) is 5.89 Å². The van der Waals surface area contributed by atoms with Crippen LogP contribution in [0.25, 0.3) is 22.8 Å². The summed E-state index contributed by atoms with van der Waals surface area (Å²) in [5.41, 5.74) is 2.85. The quantitative estimate of drug-likeness (QED) is 0.494. The molecule has 136 valence electrons. The van der Waals surface area contributed by atoms with Crippen molar-refractivity contribution in [1.29, 1.82) is 5.26 Å². The van der Waals surface area contributed by atoms with Gasteiger partial charge in [0.05, 0.1) is 11.6 Å². The second kappa shape index (κ2) is 7.72. The lowest BCUT2D eigenvalue weighted by Crippen LogP contribution is -1.95. The molecule has 0 spiro atoms. The van der Waals surface area contributed by atoms with Gasteiger partial charge >= 0.3 is 0 Å². The van der Waals surface area contributed by atoms with E-state index in [0.717, 1.165) is 16.7 Å². The summed E-state index contributed by atoms with van der Waals surface area (Å²) in [6, 6.07) is 22.5. The van der Waals surface area contributed by atoms with Gasteiger partial charge in [0.1, 0.15) is 18.2 Å². The molecule has 3 aromatic carbocycles. The van der Waals surface area contributed by atoms with Crippen LogP contribution < -0.4 is 4.74 Å². The number of ether oxygens (including phenoxy) is 1. The van der Waals surface area contributed by atoms with Crippen molar-refractivity contribution in [2.75, 3.05) is 0 Å². The van der Waals surface area contributed by atoms with Gasteiger partial charge < -0.3 is 9.26 Å². The summed E-state index contributed by atoms with van der Waals surface area (Å²) >= 11 is 0. The zero-order valence-corrected chi connectivity index (χ0v) is 14.7. The lowest BCUT2D eigenvalue weighted by molar-refractivity contribution is 0.305. The van der Waals surface area contributed by atoms with Gasteiger partial charge in [0, 0.05) is 11.1 Å². The Labute approximate surface area is 160 Å². The summed E-state index contributed by atoms with van der Waals surface area (Å²) in [5, 5.41) is 12.9. The normalized spacial score (nSPS) is 10.4. The standard InChI is InChI=1S/C22H14FN3O2/c23-19-3-1-2-16(12-19)14-27-20-10-8-17(9-11-20)21-25-22(28-26-21)18-6-4-15(13-24)5-7-18/h1-12H,14H2. The molecule has 4 rings (SSSR count). The van der Waals surface area contributed by atoms with Crippen molar-refractivity contribution < 1.29 is 13.7 Å². The smallest absolute Gasteiger partial charge is 0.258 e. The monoisotopic (exact) mass is 371 g/mol. The molecule has 5 nitrogen and oxygen atoms in total. The van der Waals surface area contributed by atoms with Gasteiger partial charge in [-0.25, -0.2) is 4.39 Å². The third kappa shape index (κ3) is 3.89. The van der Waals surface area contributed by atoms with Crippen LogP contribution in [0.1, 0.15) is 11.1 Å². The summed E-state index contributed by atoms with van der Waals surface area (Å²) in [4.78, 5) is 4.40. The number of rotatable bonds is 5. The minimum atomic E-state index is -0.286. The van der Waals surface area contributed by atoms with Gasteiger partial charge in [-0.3, -0.25) is 0 Å². The highest BCUT2D eigenvalue weighted by molar-refractivity contribution is 5.61. The summed E-state index contributed by atoms with van der Waals surface area (Å²) in [5.74, 6) is 1.21. The second-order valence-corrected chi connectivity index (χ2v) is 6.06. The Morgan fingerprint density at radius 2 is 1.71 bits per heavy atom. The van der Waals surface area contributed by atoms with Crippen LogP contribution in [0.4, 0.5) is 4.39 Å². The predicted octanol–water partition coefficient (Wildman–Crippen LogP) is 4.99. The Balaban J connectivity index is 1.45. The Morgan fingerprint density at radius 1 is 0.964 bits per heavy atom. The maximum Gasteiger partial charge on any atom is 0.258 e. The van der Waals surface area contributed by atoms with E-state index in [1.54, 1.807) is 48.5 Å². The zero-order valence-electron chi connectivity index (χ0n) is 14.7. The predicted molar refractivity (Wildman–Crippen MR) is 101 cm³/mol. The van der Waals surface area contributed by atoms with E-state index in [4.69, 9.17) is 14.5 Å². The average molecular weight is 371 g/mol. The molecule has 0 aliphatic carbocycles. The van der Waals surface area contributed by atoms with Gasteiger partial charge in [-0.2, -0.15) is 10.2 Å². The maximum absolute atomic E-state index is 13.2. The molecule has 0 radical (unpaired) electrons. The first-order valence-corrected chi connectivity index (χ1v) is 8.53. The molecule has 0 fully saturated rings. The number of nitrogens with zero attached hydrogens (tertiary/aromatic N) is 3. The lowest BCUT2D eigenvalue weighted by atomic mass is 10.1. The van der Waals surface area contributed by atoms with E-state index in [-0.39, 0.29) is 12.4 Å². The number of hydrogen-bond donors (Lipinski definition) is 0. The fraction of sp³-hybridized carbons (Fsp3) is 0.0455. The summed E-state index contributed by atoms with van der Waals surface area (Å²) in [6.45, 7) is 0.280. The van der Waals surface area contributed by atoms with Crippen LogP contribution in [0.5, 0.6) is 5.75 Å². The van der Waals surface area contributed by atoms with Crippen molar-refractivity contribution in [2.45, 2.75) is 6.61 Å². The minimum absolute atomic E-state index is 0.280. The zero-order chi connectivity index (χ0) is 19.3. The molecule has 0 aliphatic rings. The Morgan fingerprint density at radius 3 is 2.43 bits per heavy atom. The first kappa shape index (κ1) is 17.4. The van der Waals surface area contributed by atoms with Crippen molar-refractivity contribution >= 4 is 0 Å². The van der Waals surface area contributed by atoms with E-state index >= 15 is 0 Å². The summed E-state index contributed by atoms with van der Waals surface area (Å²) in [6.07, 6.45) is 0. The molecule has 6 heteroatoms. The molecule has 28 heavy (non-hydrogen) atoms. The molecular formula is C22H14FN3O2. The van der Waals surface area contributed by atoms with Crippen LogP contribution >= 0.6 is 0 Å². The first-order chi connectivity index (χ1) is 13.7. The van der Waals surface area contributed by atoms with Gasteiger partial charge in [-0.15, -0.1) is 0 Å². The first-order valence-electron chi connectivity index (χ1n) is 8.53. The van der Waals surface area contributed by atoms with Crippen LogP contribution in [-0.4, -0.2) is 10.1 Å². The molecule has 0 unspecified atom stereocenters. The van der Waals surface area contributed by atoms with Gasteiger partial charge in [-0.05, 0) is 66.2 Å². The van der Waals surface area contributed by atoms with Crippen LogP contribution in [0.15, 0.2) is 77.3 Å². The minimum Gasteiger partial charge on any atom is -0.489 e. The van der Waals surface area contributed by atoms with Crippen LogP contribution in [0, 0.1) is 17.1 Å². The van der Waals surface area contributed by atoms with Crippen molar-refractivity contribution in [3.8, 4) is 34.7 Å². The average Bonchev–Trinajstić information content (AvgIpc) is 3.23. The van der Waals surface area contributed by atoms with Gasteiger partial charge in [0.2, 0.25) is 5.82 Å². The molecule has 4 aromatic rings. The van der Waals surface area contributed by atoms with Crippen LogP contribution in [0.3, 0.4) is 0 Å². The highest BCUT2D eigenvalue weighted by Crippen LogP contribution is 2.24. The molecule has 1 heterocycles. The molecule has 0 N–H and O–H groups in total. The van der Waals surface area contributed by atoms with E-state index in [9.17, 15) is 4.39 Å². The highest BCUT2D eigenvalue weighted by Gasteiger charge is 2.11. The molecular weight excluding hydrogens is 357 g/mol. The van der Waals surface area contributed by atoms with E-state index in [2.05, 4.69) is 16.2 Å². The van der Waals surface area contributed by atoms with E-state index in [1.165, 1.54) is 12.1 Å². The molecule has 0 saturated heterocycles. The number of hydrogen-bond acceptors (Lipinski definition) is 5. The van der Waals surface area contributed by atoms with Gasteiger partial charge in [0.15, 0.2) is 0 Å². The number of nitriles is 1. The van der Waals surface area contributed by atoms with Crippen LogP contribution in [0.2, 0.25) is 0 Å². The fourth-order valence-corrected chi connectivity index (χ4v) is 2.64. The third-order valence-electron chi connectivity index (χ3n) is 4.09. The van der Waals surface area contributed by atoms with Crippen molar-refractivity contribution in [3.63, 3.8) is 0 Å². The molecule has 0 bridgehead atoms. The van der Waals surface area contributed by atoms with Crippen LogP contribution in [-0.2, 0) is 6.61 Å². The molecule has 0 atom stereocenters. The lowest BCUT2D eigenvalue weighted by Gasteiger charge is -2.06. The molecule has 0 saturated carbocycles. The Bertz CT molecular complexity index is 1130. The largest absolute Gasteiger partial charge is 0.489 e. The Hall–Kier alpha value is -3.98. The molecule has 1 aromatic heterocycles. The Kier molecular flexibility index (Phi) is 4.81. The maximum atomic E-state index is 13.2. The SMILES string of the molecule is N#Cc1ccc(-c2nc(-c3ccc(OCc4cccc(F)c4)cc3)no2)cc1. The second-order valence-electron chi connectivity index (χ2n) is 6.06. The van der Waals surface area contributed by atoms with Crippen molar-refractivity contribution in [2.24, 2.45) is 0 Å². The van der Waals surface area contributed by atoms with E-state index < -0.39 is 0 Å².